The average Bonchev–Trinajstić information content (AvgIpc) is 2.39. The molecule has 0 bridgehead atoms. The first-order chi connectivity index (χ1) is 12.0. The van der Waals surface area contributed by atoms with Crippen LogP contribution in [0.2, 0.25) is 0 Å². The second-order valence-corrected chi connectivity index (χ2v) is 8.45. The Morgan fingerprint density at radius 3 is 0.897 bits per heavy atom. The van der Waals surface area contributed by atoms with Gasteiger partial charge in [-0.2, -0.15) is 26.3 Å². The summed E-state index contributed by atoms with van der Waals surface area (Å²) in [5.74, 6) is 0. The van der Waals surface area contributed by atoms with Crippen LogP contribution in [0, 0.1) is 0 Å². The van der Waals surface area contributed by atoms with Crippen LogP contribution in [0.15, 0.2) is 0 Å². The third-order valence-corrected chi connectivity index (χ3v) is 3.56. The van der Waals surface area contributed by atoms with Gasteiger partial charge in [0.1, 0.15) is 0 Å². The van der Waals surface area contributed by atoms with Gasteiger partial charge in [0.05, 0.1) is 0 Å². The van der Waals surface area contributed by atoms with Gasteiger partial charge in [0, 0.05) is 26.2 Å². The maximum absolute atomic E-state index is 10.7. The fourth-order valence-electron chi connectivity index (χ4n) is 0.853. The van der Waals surface area contributed by atoms with E-state index in [1.54, 1.807) is 0 Å². The molecule has 0 saturated carbocycles. The molecule has 0 aliphatic carbocycles. The van der Waals surface area contributed by atoms with Crippen molar-refractivity contribution in [3.63, 3.8) is 0 Å². The summed E-state index contributed by atoms with van der Waals surface area (Å²) in [5, 5.41) is 0. The van der Waals surface area contributed by atoms with Gasteiger partial charge in [0.25, 0.3) is 0 Å². The van der Waals surface area contributed by atoms with Crippen LogP contribution in [0.5, 0.6) is 0 Å². The Kier molecular flexibility index (Phi) is 18.4. The standard InChI is InChI=1S/C9H23N3.2CHF3O3S.Fe/c1-10(2)6-8-12(5)9-7-11(3)4;2*2-1(3,4)8(5,6)7;/h6-9H2,1-5H3;2*(H,5,6,7);/q;;;+2/p-2. The van der Waals surface area contributed by atoms with E-state index < -0.39 is 31.3 Å². The van der Waals surface area contributed by atoms with Gasteiger partial charge in [-0.05, 0) is 35.2 Å². The number of likely N-dealkylation sites (N-methyl/N-ethyl adjacent to an activating group) is 3. The molecule has 0 radical (unpaired) electrons. The number of rotatable bonds is 6. The zero-order valence-corrected chi connectivity index (χ0v) is 18.8. The van der Waals surface area contributed by atoms with Gasteiger partial charge in [-0.3, -0.25) is 0 Å². The predicted octanol–water partition coefficient (Wildman–Crippen LogP) is 0.142. The molecule has 0 aliphatic heterocycles. The van der Waals surface area contributed by atoms with Crippen molar-refractivity contribution < 1.29 is 69.4 Å². The van der Waals surface area contributed by atoms with Crippen LogP contribution in [0.3, 0.4) is 0 Å². The summed E-state index contributed by atoms with van der Waals surface area (Å²) in [5.41, 5.74) is -11.3. The van der Waals surface area contributed by atoms with Crippen LogP contribution in [-0.2, 0) is 37.3 Å². The molecule has 0 rings (SSSR count). The molecule has 0 spiro atoms. The Bertz CT molecular complexity index is 572. The van der Waals surface area contributed by atoms with Crippen molar-refractivity contribution in [1.29, 1.82) is 0 Å². The monoisotopic (exact) mass is 527 g/mol. The first-order valence-electron chi connectivity index (χ1n) is 7.04. The maximum Gasteiger partial charge on any atom is 2.00 e. The van der Waals surface area contributed by atoms with Gasteiger partial charge in [-0.15, -0.1) is 0 Å². The van der Waals surface area contributed by atoms with Crippen LogP contribution >= 0.6 is 0 Å². The maximum atomic E-state index is 10.7. The molecule has 0 aromatic carbocycles. The Hall–Kier alpha value is -0.201. The molecular weight excluding hydrogens is 504 g/mol. The molecule has 0 aliphatic rings. The Morgan fingerprint density at radius 2 is 0.793 bits per heavy atom. The molecule has 0 N–H and O–H groups in total. The summed E-state index contributed by atoms with van der Waals surface area (Å²) >= 11 is 0. The third kappa shape index (κ3) is 23.9. The number of halogens is 6. The smallest absolute Gasteiger partial charge is 0.741 e. The van der Waals surface area contributed by atoms with Gasteiger partial charge in [-0.1, -0.05) is 0 Å². The van der Waals surface area contributed by atoms with E-state index in [2.05, 4.69) is 49.9 Å². The van der Waals surface area contributed by atoms with Crippen LogP contribution in [0.4, 0.5) is 26.3 Å². The van der Waals surface area contributed by atoms with Crippen molar-refractivity contribution in [1.82, 2.24) is 14.7 Å². The Balaban J connectivity index is -0.000000164. The topological polar surface area (TPSA) is 124 Å². The second-order valence-electron chi connectivity index (χ2n) is 5.71. The number of nitrogens with zero attached hydrogens (tertiary/aromatic N) is 3. The summed E-state index contributed by atoms with van der Waals surface area (Å²) in [4.78, 5) is 6.79. The summed E-state index contributed by atoms with van der Waals surface area (Å²) in [7, 11) is -1.56. The van der Waals surface area contributed by atoms with Crippen molar-refractivity contribution in [3.05, 3.63) is 0 Å². The zero-order chi connectivity index (χ0) is 23.6. The van der Waals surface area contributed by atoms with E-state index in [1.807, 2.05) is 0 Å². The van der Waals surface area contributed by atoms with Crippen LogP contribution in [-0.4, -0.2) is 113 Å². The SMILES string of the molecule is CN(C)CCN(C)CCN(C)C.O=S(=O)([O-])C(F)(F)F.O=S(=O)([O-])C(F)(F)F.[Fe+2]. The largest absolute Gasteiger partial charge is 2.00 e. The molecule has 0 aromatic rings. The van der Waals surface area contributed by atoms with Gasteiger partial charge in [0.15, 0.2) is 20.2 Å². The van der Waals surface area contributed by atoms with E-state index in [9.17, 15) is 26.3 Å². The van der Waals surface area contributed by atoms with Gasteiger partial charge in [-0.25, -0.2) is 16.8 Å². The Labute approximate surface area is 177 Å². The summed E-state index contributed by atoms with van der Waals surface area (Å²) in [6.45, 7) is 4.59. The third-order valence-electron chi connectivity index (χ3n) is 2.42. The van der Waals surface area contributed by atoms with E-state index in [1.165, 1.54) is 0 Å². The molecule has 0 aromatic heterocycles. The zero-order valence-electron chi connectivity index (χ0n) is 16.1. The molecule has 9 nitrogen and oxygen atoms in total. The van der Waals surface area contributed by atoms with E-state index >= 15 is 0 Å². The van der Waals surface area contributed by atoms with Gasteiger partial charge < -0.3 is 23.8 Å². The fourth-order valence-corrected chi connectivity index (χ4v) is 0.853. The normalized spacial score (nSPS) is 12.7. The predicted molar refractivity (Wildman–Crippen MR) is 86.1 cm³/mol. The van der Waals surface area contributed by atoms with Crippen molar-refractivity contribution in [2.75, 3.05) is 61.4 Å². The summed E-state index contributed by atoms with van der Waals surface area (Å²) in [6.07, 6.45) is 0. The number of hydrogen-bond acceptors (Lipinski definition) is 9. The number of hydrogen-bond donors (Lipinski definition) is 0. The minimum atomic E-state index is -6.09. The second kappa shape index (κ2) is 14.7. The van der Waals surface area contributed by atoms with E-state index in [-0.39, 0.29) is 17.1 Å². The molecule has 0 unspecified atom stereocenters. The van der Waals surface area contributed by atoms with Gasteiger partial charge in [0.2, 0.25) is 0 Å². The first-order valence-corrected chi connectivity index (χ1v) is 9.86. The fraction of sp³-hybridized carbons (Fsp3) is 1.00. The molecule has 0 heterocycles. The van der Waals surface area contributed by atoms with Crippen LogP contribution in [0.1, 0.15) is 0 Å². The summed E-state index contributed by atoms with van der Waals surface area (Å²) in [6, 6.07) is 0. The Morgan fingerprint density at radius 1 is 0.621 bits per heavy atom. The molecule has 29 heavy (non-hydrogen) atoms. The van der Waals surface area contributed by atoms with Gasteiger partial charge >= 0.3 is 28.1 Å². The molecular formula is C11H23F6FeN3O6S2. The minimum absolute atomic E-state index is 0. The molecule has 0 amide bonds. The van der Waals surface area contributed by atoms with Crippen LogP contribution in [0.25, 0.3) is 0 Å². The quantitative estimate of drug-likeness (QED) is 0.205. The number of alkyl halides is 6. The van der Waals surface area contributed by atoms with E-state index in [0.29, 0.717) is 0 Å². The molecule has 0 fully saturated rings. The first kappa shape index (κ1) is 36.2. The van der Waals surface area contributed by atoms with Crippen molar-refractivity contribution >= 4 is 20.2 Å². The summed E-state index contributed by atoms with van der Waals surface area (Å²) < 4.78 is 118. The average molecular weight is 527 g/mol. The van der Waals surface area contributed by atoms with Crippen LogP contribution < -0.4 is 0 Å². The molecule has 18 heteroatoms. The van der Waals surface area contributed by atoms with Crippen molar-refractivity contribution in [3.8, 4) is 0 Å². The molecule has 0 atom stereocenters. The van der Waals surface area contributed by atoms with Crippen molar-refractivity contribution in [2.24, 2.45) is 0 Å². The molecule has 180 valence electrons. The van der Waals surface area contributed by atoms with E-state index in [0.717, 1.165) is 26.2 Å². The van der Waals surface area contributed by atoms with Crippen molar-refractivity contribution in [2.45, 2.75) is 11.0 Å². The minimum Gasteiger partial charge on any atom is -0.741 e. The molecule has 0 saturated heterocycles. The van der Waals surface area contributed by atoms with E-state index in [4.69, 9.17) is 25.9 Å².